The quantitative estimate of drug-likeness (QED) is 0.293. The van der Waals surface area contributed by atoms with Gasteiger partial charge < -0.3 is 0 Å². The predicted molar refractivity (Wildman–Crippen MR) is 35.6 cm³/mol. The summed E-state index contributed by atoms with van der Waals surface area (Å²) in [4.78, 5) is 0. The second-order valence-corrected chi connectivity index (χ2v) is 0. The zero-order chi connectivity index (χ0) is 0. The predicted octanol–water partition coefficient (Wildman–Crippen LogP) is -3.94. The standard InChI is InChI=1S/Ag.Al.Ca.Pb.Sn.9H. The molecule has 0 bridgehead atoms. The summed E-state index contributed by atoms with van der Waals surface area (Å²) in [5.74, 6) is 0. The molecule has 0 spiro atoms. The molecule has 0 saturated carbocycles. The van der Waals surface area contributed by atoms with Gasteiger partial charge in [0.15, 0.2) is 17.4 Å². The Morgan fingerprint density at radius 3 is 1.00 bits per heavy atom. The molecule has 0 saturated heterocycles. The molecular weight excluding hydrogens is 501 g/mol. The fourth-order valence-corrected chi connectivity index (χ4v) is 0. The molecule has 0 unspecified atom stereocenters. The van der Waals surface area contributed by atoms with E-state index < -0.39 is 0 Å². The Balaban J connectivity index is 0. The molecule has 0 aromatic rings. The molecule has 5 heteroatoms. The van der Waals surface area contributed by atoms with Crippen LogP contribution in [-0.4, -0.2) is 106 Å². The SMILES string of the molecule is [Ag].[AlH3].[CaH2].[PbH2].[SnH2]. The van der Waals surface area contributed by atoms with E-state index in [4.69, 9.17) is 0 Å². The summed E-state index contributed by atoms with van der Waals surface area (Å²) < 4.78 is 0. The van der Waals surface area contributed by atoms with Crippen LogP contribution in [0.1, 0.15) is 0 Å². The van der Waals surface area contributed by atoms with Gasteiger partial charge in [0.2, 0.25) is 0 Å². The van der Waals surface area contributed by atoms with E-state index in [9.17, 15) is 0 Å². The van der Waals surface area contributed by atoms with E-state index in [1.807, 2.05) is 0 Å². The Kier molecular flexibility index (Phi) is 167. The summed E-state index contributed by atoms with van der Waals surface area (Å²) >= 11 is 0. The van der Waals surface area contributed by atoms with Crippen LogP contribution < -0.4 is 0 Å². The molecule has 5 radical (unpaired) electrons. The molecule has 0 aliphatic heterocycles. The van der Waals surface area contributed by atoms with E-state index in [2.05, 4.69) is 0 Å². The molecule has 0 rings (SSSR count). The third-order valence-electron chi connectivity index (χ3n) is 0. The van der Waals surface area contributed by atoms with E-state index >= 15 is 0 Å². The fraction of sp³-hybridized carbons (Fsp3) is 0. The summed E-state index contributed by atoms with van der Waals surface area (Å²) in [7, 11) is 0. The van der Waals surface area contributed by atoms with Gasteiger partial charge in [-0.05, 0) is 0 Å². The molecule has 0 aromatic carbocycles. The molecular formula is H9AgAlCaPbSn. The Morgan fingerprint density at radius 2 is 1.00 bits per heavy atom. The molecule has 0 aromatic heterocycles. The van der Waals surface area contributed by atoms with Crippen molar-refractivity contribution >= 4 is 106 Å². The molecule has 0 nitrogen and oxygen atoms in total. The van der Waals surface area contributed by atoms with Crippen molar-refractivity contribution in [2.45, 2.75) is 0 Å². The van der Waals surface area contributed by atoms with Gasteiger partial charge in [0, 0.05) is 22.4 Å². The average molecular weight is 510 g/mol. The van der Waals surface area contributed by atoms with Gasteiger partial charge in [-0.1, -0.05) is 0 Å². The first kappa shape index (κ1) is 34.8. The van der Waals surface area contributed by atoms with Crippen LogP contribution >= 0.6 is 0 Å². The van der Waals surface area contributed by atoms with Crippen LogP contribution in [0.5, 0.6) is 0 Å². The first-order valence-electron chi connectivity index (χ1n) is 0. The Labute approximate surface area is 125 Å². The topological polar surface area (TPSA) is 0 Å². The van der Waals surface area contributed by atoms with Crippen molar-refractivity contribution in [2.75, 3.05) is 0 Å². The molecule has 0 aliphatic carbocycles. The normalized spacial score (nSPS) is 0. The summed E-state index contributed by atoms with van der Waals surface area (Å²) in [6, 6.07) is 0. The second-order valence-electron chi connectivity index (χ2n) is 0. The molecule has 0 fully saturated rings. The number of hydrogen-bond donors (Lipinski definition) is 0. The maximum absolute atomic E-state index is 0. The van der Waals surface area contributed by atoms with Gasteiger partial charge >= 0.3 is 88.9 Å². The van der Waals surface area contributed by atoms with Crippen LogP contribution in [0.25, 0.3) is 0 Å². The van der Waals surface area contributed by atoms with E-state index in [-0.39, 0.29) is 129 Å². The van der Waals surface area contributed by atoms with E-state index in [0.29, 0.717) is 0 Å². The van der Waals surface area contributed by atoms with E-state index in [1.54, 1.807) is 0 Å². The van der Waals surface area contributed by atoms with Crippen LogP contribution in [0, 0.1) is 0 Å². The molecule has 0 aliphatic rings. The summed E-state index contributed by atoms with van der Waals surface area (Å²) in [6.07, 6.45) is 0. The molecule has 0 atom stereocenters. The van der Waals surface area contributed by atoms with Gasteiger partial charge in [-0.2, -0.15) is 0 Å². The van der Waals surface area contributed by atoms with Crippen molar-refractivity contribution in [1.82, 2.24) is 0 Å². The Hall–Kier alpha value is 4.25. The van der Waals surface area contributed by atoms with Crippen molar-refractivity contribution in [2.24, 2.45) is 0 Å². The second kappa shape index (κ2) is 24.0. The molecule has 0 N–H and O–H groups in total. The van der Waals surface area contributed by atoms with Crippen molar-refractivity contribution in [3.05, 3.63) is 0 Å². The van der Waals surface area contributed by atoms with Crippen molar-refractivity contribution < 1.29 is 22.4 Å². The maximum atomic E-state index is 0. The molecule has 5 heavy (non-hydrogen) atoms. The average Bonchev–Trinajstić information content (AvgIpc) is 0. The van der Waals surface area contributed by atoms with Gasteiger partial charge in [-0.3, -0.25) is 0 Å². The van der Waals surface area contributed by atoms with E-state index in [1.165, 1.54) is 0 Å². The van der Waals surface area contributed by atoms with Crippen LogP contribution in [-0.2, 0) is 22.4 Å². The Bertz CT molecular complexity index is 11.6. The zero-order valence-electron chi connectivity index (χ0n) is 1.72. The van der Waals surface area contributed by atoms with Crippen molar-refractivity contribution in [3.8, 4) is 0 Å². The van der Waals surface area contributed by atoms with Crippen LogP contribution in [0.2, 0.25) is 0 Å². The van der Waals surface area contributed by atoms with Gasteiger partial charge in [-0.25, -0.2) is 0 Å². The summed E-state index contributed by atoms with van der Waals surface area (Å²) in [6.45, 7) is 0. The van der Waals surface area contributed by atoms with Crippen molar-refractivity contribution in [3.63, 3.8) is 0 Å². The van der Waals surface area contributed by atoms with Gasteiger partial charge in [0.1, 0.15) is 0 Å². The van der Waals surface area contributed by atoms with E-state index in [0.717, 1.165) is 0 Å². The monoisotopic (exact) mass is 511 g/mol. The van der Waals surface area contributed by atoms with Crippen LogP contribution in [0.3, 0.4) is 0 Å². The molecule has 0 heterocycles. The first-order chi connectivity index (χ1) is 0. The first-order valence-corrected chi connectivity index (χ1v) is 0. The van der Waals surface area contributed by atoms with Gasteiger partial charge in [0.05, 0.1) is 0 Å². The van der Waals surface area contributed by atoms with Crippen LogP contribution in [0.4, 0.5) is 0 Å². The third kappa shape index (κ3) is 17.8. The summed E-state index contributed by atoms with van der Waals surface area (Å²) in [5.41, 5.74) is 0. The minimum absolute atomic E-state index is 0. The van der Waals surface area contributed by atoms with Gasteiger partial charge in [-0.15, -0.1) is 0 Å². The summed E-state index contributed by atoms with van der Waals surface area (Å²) in [5, 5.41) is 0. The minimum atomic E-state index is 0. The van der Waals surface area contributed by atoms with Crippen molar-refractivity contribution in [1.29, 1.82) is 0 Å². The zero-order valence-corrected chi connectivity index (χ0v) is 12.7. The molecule has 0 amide bonds. The van der Waals surface area contributed by atoms with Crippen LogP contribution in [0.15, 0.2) is 0 Å². The Morgan fingerprint density at radius 1 is 1.00 bits per heavy atom. The third-order valence-corrected chi connectivity index (χ3v) is 0. The number of hydrogen-bond acceptors (Lipinski definition) is 0. The fourth-order valence-electron chi connectivity index (χ4n) is 0. The molecule has 33 valence electrons. The number of rotatable bonds is 0. The van der Waals surface area contributed by atoms with Gasteiger partial charge in [0.25, 0.3) is 0 Å².